The van der Waals surface area contributed by atoms with Crippen molar-refractivity contribution < 1.29 is 14.3 Å². The van der Waals surface area contributed by atoms with Crippen LogP contribution in [0.1, 0.15) is 31.8 Å². The number of methoxy groups -OCH3 is 1. The number of carbonyl (C=O) groups excluding carboxylic acids is 2. The van der Waals surface area contributed by atoms with Crippen molar-refractivity contribution in [3.05, 3.63) is 83.0 Å². The molecule has 0 fully saturated rings. The van der Waals surface area contributed by atoms with Crippen LogP contribution in [-0.2, 0) is 0 Å². The topological polar surface area (TPSA) is 116 Å². The zero-order chi connectivity index (χ0) is 22.4. The van der Waals surface area contributed by atoms with Gasteiger partial charge in [0, 0.05) is 24.4 Å². The molecule has 8 nitrogen and oxygen atoms in total. The number of nitrogens with zero attached hydrogens (tertiary/aromatic N) is 1. The van der Waals surface area contributed by atoms with Gasteiger partial charge in [-0.1, -0.05) is 24.3 Å². The summed E-state index contributed by atoms with van der Waals surface area (Å²) < 4.78 is 5.36. The monoisotopic (exact) mass is 417 g/mol. The van der Waals surface area contributed by atoms with Crippen molar-refractivity contribution in [1.29, 1.82) is 5.41 Å². The Kier molecular flexibility index (Phi) is 6.61. The minimum Gasteiger partial charge on any atom is -0.495 e. The molecule has 1 heterocycles. The Bertz CT molecular complexity index is 1110. The molecule has 2 aromatic carbocycles. The Labute approximate surface area is 180 Å². The van der Waals surface area contributed by atoms with E-state index in [1.165, 1.54) is 7.11 Å². The minimum atomic E-state index is -0.427. The Morgan fingerprint density at radius 2 is 1.65 bits per heavy atom. The number of hydrogen-bond donors (Lipinski definition) is 4. The number of carbonyl (C=O) groups is 2. The predicted octanol–water partition coefficient (Wildman–Crippen LogP) is 3.45. The van der Waals surface area contributed by atoms with E-state index in [9.17, 15) is 9.59 Å². The molecule has 0 saturated carbocycles. The molecule has 0 aliphatic heterocycles. The molecule has 0 bridgehead atoms. The van der Waals surface area contributed by atoms with E-state index in [2.05, 4.69) is 20.9 Å². The molecule has 0 radical (unpaired) electrons. The summed E-state index contributed by atoms with van der Waals surface area (Å²) >= 11 is 0. The fourth-order valence-electron chi connectivity index (χ4n) is 2.86. The summed E-state index contributed by atoms with van der Waals surface area (Å²) in [7, 11) is 3.12. The molecule has 1 aromatic heterocycles. The van der Waals surface area contributed by atoms with E-state index in [0.717, 1.165) is 5.56 Å². The average Bonchev–Trinajstić information content (AvgIpc) is 2.80. The molecule has 0 atom stereocenters. The summed E-state index contributed by atoms with van der Waals surface area (Å²) in [5.41, 5.74) is 2.51. The van der Waals surface area contributed by atoms with Crippen molar-refractivity contribution in [2.75, 3.05) is 24.8 Å². The summed E-state index contributed by atoms with van der Waals surface area (Å²) in [4.78, 5) is 29.9. The summed E-state index contributed by atoms with van der Waals surface area (Å²) in [6, 6.07) is 15.0. The Morgan fingerprint density at radius 3 is 2.26 bits per heavy atom. The van der Waals surface area contributed by atoms with Crippen LogP contribution in [0.5, 0.6) is 5.75 Å². The van der Waals surface area contributed by atoms with Crippen LogP contribution in [0.2, 0.25) is 0 Å². The van der Waals surface area contributed by atoms with E-state index >= 15 is 0 Å². The molecule has 3 rings (SSSR count). The first-order valence-corrected chi connectivity index (χ1v) is 9.52. The van der Waals surface area contributed by atoms with Gasteiger partial charge in [-0.3, -0.25) is 15.0 Å². The first kappa shape index (κ1) is 21.5. The van der Waals surface area contributed by atoms with Crippen LogP contribution >= 0.6 is 0 Å². The molecule has 0 saturated heterocycles. The molecule has 0 aliphatic carbocycles. The van der Waals surface area contributed by atoms with Crippen molar-refractivity contribution in [2.45, 2.75) is 6.92 Å². The van der Waals surface area contributed by atoms with Gasteiger partial charge in [0.2, 0.25) is 0 Å². The fraction of sp³-hybridized carbons (Fsp3) is 0.130. The van der Waals surface area contributed by atoms with Crippen molar-refractivity contribution in [2.24, 2.45) is 0 Å². The van der Waals surface area contributed by atoms with Crippen LogP contribution in [0.3, 0.4) is 0 Å². The minimum absolute atomic E-state index is 0.239. The number of hydrogen-bond acceptors (Lipinski definition) is 5. The highest BCUT2D eigenvalue weighted by atomic mass is 16.5. The van der Waals surface area contributed by atoms with E-state index in [1.54, 1.807) is 61.8 Å². The lowest BCUT2D eigenvalue weighted by Crippen LogP contribution is -2.20. The third-order valence-electron chi connectivity index (χ3n) is 4.57. The number of para-hydroxylation sites is 1. The second-order valence-electron chi connectivity index (χ2n) is 6.71. The standard InChI is InChI=1S/C23H23N5O3/c1-14-7-12-19(26-13-14)27-23(30)17-5-4-6-18(31-3)20(17)28-22(29)16-10-8-15(9-11-16)21(24)25-2/h4-13H,1-3H3,(H2,24,25)(H,28,29)(H,26,27,30). The molecule has 4 N–H and O–H groups in total. The summed E-state index contributed by atoms with van der Waals surface area (Å²) in [6.07, 6.45) is 1.65. The van der Waals surface area contributed by atoms with E-state index in [0.29, 0.717) is 22.7 Å². The van der Waals surface area contributed by atoms with Crippen LogP contribution in [0.25, 0.3) is 0 Å². The quantitative estimate of drug-likeness (QED) is 0.362. The lowest BCUT2D eigenvalue weighted by molar-refractivity contribution is 0.102. The van der Waals surface area contributed by atoms with Gasteiger partial charge < -0.3 is 20.7 Å². The van der Waals surface area contributed by atoms with E-state index in [4.69, 9.17) is 10.1 Å². The molecule has 158 valence electrons. The van der Waals surface area contributed by atoms with Gasteiger partial charge >= 0.3 is 0 Å². The van der Waals surface area contributed by atoms with E-state index in [-0.39, 0.29) is 17.1 Å². The van der Waals surface area contributed by atoms with E-state index < -0.39 is 11.8 Å². The van der Waals surface area contributed by atoms with Gasteiger partial charge in [0.25, 0.3) is 11.8 Å². The van der Waals surface area contributed by atoms with Gasteiger partial charge in [-0.05, 0) is 42.8 Å². The third-order valence-corrected chi connectivity index (χ3v) is 4.57. The fourth-order valence-corrected chi connectivity index (χ4v) is 2.86. The molecule has 3 aromatic rings. The van der Waals surface area contributed by atoms with Crippen LogP contribution in [-0.4, -0.2) is 36.8 Å². The number of rotatable bonds is 6. The van der Waals surface area contributed by atoms with Gasteiger partial charge in [0.1, 0.15) is 17.4 Å². The number of anilines is 2. The summed E-state index contributed by atoms with van der Waals surface area (Å²) in [6.45, 7) is 1.91. The smallest absolute Gasteiger partial charge is 0.259 e. The molecular weight excluding hydrogens is 394 g/mol. The number of amidine groups is 1. The second kappa shape index (κ2) is 9.53. The maximum atomic E-state index is 12.9. The van der Waals surface area contributed by atoms with Gasteiger partial charge in [0.15, 0.2) is 0 Å². The third kappa shape index (κ3) is 5.05. The molecule has 8 heteroatoms. The first-order valence-electron chi connectivity index (χ1n) is 9.52. The van der Waals surface area contributed by atoms with Crippen molar-refractivity contribution in [1.82, 2.24) is 10.3 Å². The zero-order valence-electron chi connectivity index (χ0n) is 17.4. The van der Waals surface area contributed by atoms with Crippen molar-refractivity contribution in [3.63, 3.8) is 0 Å². The Hall–Kier alpha value is -4.20. The van der Waals surface area contributed by atoms with Gasteiger partial charge in [-0.2, -0.15) is 0 Å². The number of nitrogens with one attached hydrogen (secondary N) is 4. The second-order valence-corrected chi connectivity index (χ2v) is 6.71. The predicted molar refractivity (Wildman–Crippen MR) is 120 cm³/mol. The molecule has 0 aliphatic rings. The maximum Gasteiger partial charge on any atom is 0.259 e. The SMILES string of the molecule is CNC(=N)c1ccc(C(=O)Nc2c(OC)cccc2C(=O)Nc2ccc(C)cn2)cc1. The molecule has 31 heavy (non-hydrogen) atoms. The van der Waals surface area contributed by atoms with Gasteiger partial charge in [0.05, 0.1) is 18.4 Å². The number of benzene rings is 2. The molecule has 0 unspecified atom stereocenters. The molecule has 0 spiro atoms. The summed E-state index contributed by atoms with van der Waals surface area (Å²) in [5.74, 6) is 0.169. The van der Waals surface area contributed by atoms with Crippen LogP contribution in [0.4, 0.5) is 11.5 Å². The number of aromatic nitrogens is 1. The lowest BCUT2D eigenvalue weighted by Gasteiger charge is -2.15. The van der Waals surface area contributed by atoms with E-state index in [1.807, 2.05) is 13.0 Å². The number of ether oxygens (including phenoxy) is 1. The largest absolute Gasteiger partial charge is 0.495 e. The lowest BCUT2D eigenvalue weighted by atomic mass is 10.1. The Morgan fingerprint density at radius 1 is 0.935 bits per heavy atom. The number of aryl methyl sites for hydroxylation is 1. The van der Waals surface area contributed by atoms with Gasteiger partial charge in [-0.15, -0.1) is 0 Å². The molecular formula is C23H23N5O3. The van der Waals surface area contributed by atoms with Gasteiger partial charge in [-0.25, -0.2) is 4.98 Å². The zero-order valence-corrected chi connectivity index (χ0v) is 17.4. The Balaban J connectivity index is 1.86. The van der Waals surface area contributed by atoms with Crippen LogP contribution < -0.4 is 20.7 Å². The summed E-state index contributed by atoms with van der Waals surface area (Å²) in [5, 5.41) is 16.0. The highest BCUT2D eigenvalue weighted by Gasteiger charge is 2.19. The normalized spacial score (nSPS) is 10.2. The molecule has 2 amide bonds. The highest BCUT2D eigenvalue weighted by molar-refractivity contribution is 6.13. The van der Waals surface area contributed by atoms with Crippen molar-refractivity contribution >= 4 is 29.2 Å². The first-order chi connectivity index (χ1) is 14.9. The average molecular weight is 417 g/mol. The highest BCUT2D eigenvalue weighted by Crippen LogP contribution is 2.29. The van der Waals surface area contributed by atoms with Crippen LogP contribution in [0, 0.1) is 12.3 Å². The number of amides is 2. The number of pyridine rings is 1. The van der Waals surface area contributed by atoms with Crippen molar-refractivity contribution in [3.8, 4) is 5.75 Å². The maximum absolute atomic E-state index is 12.9. The van der Waals surface area contributed by atoms with Crippen LogP contribution in [0.15, 0.2) is 60.8 Å².